The first-order valence-electron chi connectivity index (χ1n) is 6.92. The lowest BCUT2D eigenvalue weighted by Crippen LogP contribution is -2.37. The summed E-state index contributed by atoms with van der Waals surface area (Å²) in [6, 6.07) is 1.77. The van der Waals surface area contributed by atoms with Crippen LogP contribution in [-0.2, 0) is 9.53 Å². The molecule has 0 aromatic carbocycles. The number of aromatic nitrogens is 2. The Bertz CT molecular complexity index is 454. The van der Waals surface area contributed by atoms with Gasteiger partial charge in [0.1, 0.15) is 11.6 Å². The van der Waals surface area contributed by atoms with Gasteiger partial charge in [0.2, 0.25) is 11.9 Å². The Hall–Kier alpha value is -2.09. The van der Waals surface area contributed by atoms with Gasteiger partial charge in [0.15, 0.2) is 0 Å². The van der Waals surface area contributed by atoms with Crippen molar-refractivity contribution in [3.63, 3.8) is 0 Å². The van der Waals surface area contributed by atoms with E-state index in [1.54, 1.807) is 25.1 Å². The van der Waals surface area contributed by atoms with E-state index in [2.05, 4.69) is 27.5 Å². The van der Waals surface area contributed by atoms with E-state index in [1.807, 2.05) is 0 Å². The summed E-state index contributed by atoms with van der Waals surface area (Å²) < 4.78 is 4.88. The number of ether oxygens (including phenoxy) is 1. The van der Waals surface area contributed by atoms with Gasteiger partial charge >= 0.3 is 0 Å². The van der Waals surface area contributed by atoms with Crippen molar-refractivity contribution >= 4 is 23.5 Å². The Kier molecular flexibility index (Phi) is 7.24. The first-order valence-corrected chi connectivity index (χ1v) is 6.92. The first-order chi connectivity index (χ1) is 10.1. The van der Waals surface area contributed by atoms with Gasteiger partial charge in [0.05, 0.1) is 13.2 Å². The molecule has 1 aromatic heterocycles. The van der Waals surface area contributed by atoms with Crippen molar-refractivity contribution in [2.75, 3.05) is 56.3 Å². The molecule has 0 saturated carbocycles. The number of nitrogen functional groups attached to an aromatic ring is 1. The van der Waals surface area contributed by atoms with E-state index in [4.69, 9.17) is 10.5 Å². The Morgan fingerprint density at radius 2 is 2.19 bits per heavy atom. The monoisotopic (exact) mass is 296 g/mol. The average Bonchev–Trinajstić information content (AvgIpc) is 2.44. The minimum absolute atomic E-state index is 0.102. The van der Waals surface area contributed by atoms with Crippen LogP contribution < -0.4 is 21.3 Å². The van der Waals surface area contributed by atoms with E-state index in [1.165, 1.54) is 0 Å². The minimum Gasteiger partial charge on any atom is -0.383 e. The van der Waals surface area contributed by atoms with Crippen LogP contribution in [-0.4, -0.2) is 56.3 Å². The molecule has 0 fully saturated rings. The van der Waals surface area contributed by atoms with Crippen LogP contribution in [0.2, 0.25) is 0 Å². The maximum atomic E-state index is 11.7. The molecule has 0 aliphatic rings. The highest BCUT2D eigenvalue weighted by Crippen LogP contribution is 2.15. The molecule has 21 heavy (non-hydrogen) atoms. The number of carbonyl (C=O) groups excluding carboxylic acids is 1. The number of hydrogen-bond acceptors (Lipinski definition) is 7. The van der Waals surface area contributed by atoms with Crippen molar-refractivity contribution in [2.45, 2.75) is 13.3 Å². The lowest BCUT2D eigenvalue weighted by Gasteiger charge is -2.18. The van der Waals surface area contributed by atoms with Crippen molar-refractivity contribution in [1.82, 2.24) is 15.3 Å². The number of carbonyl (C=O) groups is 1. The van der Waals surface area contributed by atoms with E-state index >= 15 is 0 Å². The van der Waals surface area contributed by atoms with E-state index < -0.39 is 0 Å². The number of anilines is 3. The number of nitrogens with zero attached hydrogens (tertiary/aromatic N) is 3. The average molecular weight is 296 g/mol. The Morgan fingerprint density at radius 3 is 2.86 bits per heavy atom. The summed E-state index contributed by atoms with van der Waals surface area (Å²) in [5.41, 5.74) is 5.69. The molecule has 8 nitrogen and oxygen atoms in total. The molecule has 0 radical (unpaired) electrons. The molecule has 4 N–H and O–H groups in total. The zero-order chi connectivity index (χ0) is 15.7. The molecule has 1 heterocycles. The van der Waals surface area contributed by atoms with Crippen LogP contribution in [0.15, 0.2) is 6.07 Å². The molecule has 0 saturated heterocycles. The van der Waals surface area contributed by atoms with Crippen LogP contribution >= 0.6 is 0 Å². The third-order valence-corrected chi connectivity index (χ3v) is 2.69. The standard InChI is InChI=1S/C13H24N6O2/c1-4-5-15-10-8-11(18-13(14)17-10)19(2)9-12(20)16-6-7-21-3/h8H,4-7,9H2,1-3H3,(H,16,20)(H3,14,15,17,18). The number of hydrogen-bond donors (Lipinski definition) is 3. The lowest BCUT2D eigenvalue weighted by atomic mass is 10.4. The summed E-state index contributed by atoms with van der Waals surface area (Å²) in [6.45, 7) is 4.03. The fraction of sp³-hybridized carbons (Fsp3) is 0.615. The van der Waals surface area contributed by atoms with Crippen LogP contribution in [0.4, 0.5) is 17.6 Å². The van der Waals surface area contributed by atoms with Gasteiger partial charge in [-0.2, -0.15) is 9.97 Å². The highest BCUT2D eigenvalue weighted by atomic mass is 16.5. The van der Waals surface area contributed by atoms with Crippen LogP contribution in [0.5, 0.6) is 0 Å². The van der Waals surface area contributed by atoms with Crippen molar-refractivity contribution in [1.29, 1.82) is 0 Å². The molecule has 1 amide bonds. The second kappa shape index (κ2) is 8.96. The Morgan fingerprint density at radius 1 is 1.43 bits per heavy atom. The quantitative estimate of drug-likeness (QED) is 0.554. The largest absolute Gasteiger partial charge is 0.383 e. The third-order valence-electron chi connectivity index (χ3n) is 2.69. The molecule has 1 aromatic rings. The smallest absolute Gasteiger partial charge is 0.239 e. The molecule has 0 bridgehead atoms. The predicted molar refractivity (Wildman–Crippen MR) is 83.4 cm³/mol. The van der Waals surface area contributed by atoms with Crippen molar-refractivity contribution < 1.29 is 9.53 Å². The topological polar surface area (TPSA) is 105 Å². The second-order valence-corrected chi connectivity index (χ2v) is 4.60. The van der Waals surface area contributed by atoms with E-state index in [0.717, 1.165) is 13.0 Å². The summed E-state index contributed by atoms with van der Waals surface area (Å²) in [7, 11) is 3.37. The van der Waals surface area contributed by atoms with Gasteiger partial charge in [-0.1, -0.05) is 6.92 Å². The summed E-state index contributed by atoms with van der Waals surface area (Å²) >= 11 is 0. The number of methoxy groups -OCH3 is 1. The molecule has 0 spiro atoms. The lowest BCUT2D eigenvalue weighted by molar-refractivity contribution is -0.119. The van der Waals surface area contributed by atoms with Gasteiger partial charge < -0.3 is 26.0 Å². The fourth-order valence-corrected chi connectivity index (χ4v) is 1.64. The van der Waals surface area contributed by atoms with E-state index in [9.17, 15) is 4.79 Å². The van der Waals surface area contributed by atoms with Crippen molar-refractivity contribution in [3.05, 3.63) is 6.07 Å². The van der Waals surface area contributed by atoms with Crippen LogP contribution in [0.3, 0.4) is 0 Å². The first kappa shape index (κ1) is 17.0. The van der Waals surface area contributed by atoms with Gasteiger partial charge in [-0.15, -0.1) is 0 Å². The zero-order valence-electron chi connectivity index (χ0n) is 12.8. The van der Waals surface area contributed by atoms with Crippen LogP contribution in [0.1, 0.15) is 13.3 Å². The highest BCUT2D eigenvalue weighted by molar-refractivity contribution is 5.81. The molecule has 0 aliphatic heterocycles. The summed E-state index contributed by atoms with van der Waals surface area (Å²) in [4.78, 5) is 21.7. The zero-order valence-corrected chi connectivity index (χ0v) is 12.8. The van der Waals surface area contributed by atoms with Gasteiger partial charge in [-0.05, 0) is 6.42 Å². The molecule has 118 valence electrons. The maximum absolute atomic E-state index is 11.7. The minimum atomic E-state index is -0.102. The number of amides is 1. The number of nitrogens with two attached hydrogens (primary N) is 1. The number of likely N-dealkylation sites (N-methyl/N-ethyl adjacent to an activating group) is 1. The fourth-order valence-electron chi connectivity index (χ4n) is 1.64. The molecule has 0 atom stereocenters. The number of rotatable bonds is 9. The summed E-state index contributed by atoms with van der Waals surface area (Å²) in [5, 5.41) is 5.90. The molecule has 0 aliphatic carbocycles. The van der Waals surface area contributed by atoms with Crippen LogP contribution in [0.25, 0.3) is 0 Å². The molecule has 8 heteroatoms. The van der Waals surface area contributed by atoms with E-state index in [0.29, 0.717) is 24.8 Å². The van der Waals surface area contributed by atoms with Gasteiger partial charge in [-0.25, -0.2) is 0 Å². The highest BCUT2D eigenvalue weighted by Gasteiger charge is 2.10. The molecular formula is C13H24N6O2. The summed E-state index contributed by atoms with van der Waals surface area (Å²) in [5.74, 6) is 1.33. The van der Waals surface area contributed by atoms with Gasteiger partial charge in [-0.3, -0.25) is 4.79 Å². The molecule has 0 unspecified atom stereocenters. The Labute approximate surface area is 125 Å². The number of nitrogens with one attached hydrogen (secondary N) is 2. The van der Waals surface area contributed by atoms with Crippen molar-refractivity contribution in [2.24, 2.45) is 0 Å². The third kappa shape index (κ3) is 6.26. The van der Waals surface area contributed by atoms with Crippen molar-refractivity contribution in [3.8, 4) is 0 Å². The second-order valence-electron chi connectivity index (χ2n) is 4.60. The normalized spacial score (nSPS) is 10.2. The maximum Gasteiger partial charge on any atom is 0.239 e. The molecular weight excluding hydrogens is 272 g/mol. The SMILES string of the molecule is CCCNc1cc(N(C)CC(=O)NCCOC)nc(N)n1. The Balaban J connectivity index is 2.62. The predicted octanol–water partition coefficient (Wildman–Crippen LogP) is 0.0795. The van der Waals surface area contributed by atoms with Gasteiger partial charge in [0, 0.05) is 33.3 Å². The summed E-state index contributed by atoms with van der Waals surface area (Å²) in [6.07, 6.45) is 0.983. The molecule has 1 rings (SSSR count). The van der Waals surface area contributed by atoms with Crippen LogP contribution in [0, 0.1) is 0 Å². The van der Waals surface area contributed by atoms with E-state index in [-0.39, 0.29) is 18.4 Å². The van der Waals surface area contributed by atoms with Gasteiger partial charge in [0.25, 0.3) is 0 Å².